The van der Waals surface area contributed by atoms with Gasteiger partial charge in [0.15, 0.2) is 12.4 Å². The number of benzene rings is 1. The first-order chi connectivity index (χ1) is 9.47. The Bertz CT molecular complexity index is 531. The van der Waals surface area contributed by atoms with Crippen molar-refractivity contribution in [1.29, 1.82) is 0 Å². The molecule has 20 heavy (non-hydrogen) atoms. The molecule has 1 aliphatic carbocycles. The van der Waals surface area contributed by atoms with Crippen molar-refractivity contribution in [1.82, 2.24) is 5.32 Å². The van der Waals surface area contributed by atoms with Crippen LogP contribution in [0.4, 0.5) is 5.69 Å². The van der Waals surface area contributed by atoms with Crippen molar-refractivity contribution in [2.24, 2.45) is 5.92 Å². The number of hydrogen-bond donors (Lipinski definition) is 1. The molecule has 0 radical (unpaired) electrons. The van der Waals surface area contributed by atoms with Gasteiger partial charge in [-0.05, 0) is 37.8 Å². The topological polar surface area (TPSA) is 81.5 Å². The van der Waals surface area contributed by atoms with E-state index < -0.39 is 4.92 Å². The number of halogens is 1. The summed E-state index contributed by atoms with van der Waals surface area (Å²) in [7, 11) is 0. The van der Waals surface area contributed by atoms with E-state index in [1.165, 1.54) is 18.2 Å². The van der Waals surface area contributed by atoms with Crippen molar-refractivity contribution in [3.05, 3.63) is 33.3 Å². The molecule has 0 heterocycles. The van der Waals surface area contributed by atoms with E-state index in [-0.39, 0.29) is 35.0 Å². The summed E-state index contributed by atoms with van der Waals surface area (Å²) in [6.45, 7) is 1.69. The number of nitrogens with one attached hydrogen (secondary N) is 1. The van der Waals surface area contributed by atoms with Crippen molar-refractivity contribution in [3.63, 3.8) is 0 Å². The Morgan fingerprint density at radius 3 is 2.90 bits per heavy atom. The van der Waals surface area contributed by atoms with Crippen LogP contribution in [0.2, 0.25) is 5.02 Å². The van der Waals surface area contributed by atoms with Crippen LogP contribution in [0.3, 0.4) is 0 Å². The molecular formula is C13H15ClN2O4. The summed E-state index contributed by atoms with van der Waals surface area (Å²) in [6, 6.07) is 4.18. The molecule has 1 aromatic carbocycles. The van der Waals surface area contributed by atoms with Crippen molar-refractivity contribution >= 4 is 23.2 Å². The monoisotopic (exact) mass is 298 g/mol. The molecule has 1 N–H and O–H groups in total. The standard InChI is InChI=1S/C13H15ClN2O4/c1-8(9-2-3-9)15-13(17)7-20-12-5-4-10(14)6-11(12)16(18)19/h4-6,8-9H,2-3,7H2,1H3,(H,15,17)/t8-/m0/s1. The third-order valence-corrected chi connectivity index (χ3v) is 3.43. The van der Waals surface area contributed by atoms with Crippen LogP contribution in [0.25, 0.3) is 0 Å². The molecule has 1 aliphatic rings. The van der Waals surface area contributed by atoms with Crippen LogP contribution in [-0.4, -0.2) is 23.5 Å². The lowest BCUT2D eigenvalue weighted by Gasteiger charge is -2.13. The second-order valence-corrected chi connectivity index (χ2v) is 5.29. The maximum absolute atomic E-state index is 11.7. The summed E-state index contributed by atoms with van der Waals surface area (Å²) >= 11 is 5.69. The number of ether oxygens (including phenoxy) is 1. The van der Waals surface area contributed by atoms with Gasteiger partial charge in [0.25, 0.3) is 5.91 Å². The van der Waals surface area contributed by atoms with Crippen LogP contribution in [0.15, 0.2) is 18.2 Å². The number of nitrogens with zero attached hydrogens (tertiary/aromatic N) is 1. The summed E-state index contributed by atoms with van der Waals surface area (Å²) in [5.41, 5.74) is -0.249. The van der Waals surface area contributed by atoms with Gasteiger partial charge in [-0.2, -0.15) is 0 Å². The highest BCUT2D eigenvalue weighted by atomic mass is 35.5. The number of carbonyl (C=O) groups excluding carboxylic acids is 1. The summed E-state index contributed by atoms with van der Waals surface area (Å²) < 4.78 is 5.20. The fourth-order valence-corrected chi connectivity index (χ4v) is 2.07. The van der Waals surface area contributed by atoms with E-state index in [0.29, 0.717) is 5.92 Å². The maximum Gasteiger partial charge on any atom is 0.312 e. The summed E-state index contributed by atoms with van der Waals surface area (Å²) in [4.78, 5) is 21.9. The predicted molar refractivity (Wildman–Crippen MR) is 73.9 cm³/mol. The lowest BCUT2D eigenvalue weighted by atomic mass is 10.2. The van der Waals surface area contributed by atoms with E-state index in [0.717, 1.165) is 12.8 Å². The molecule has 6 nitrogen and oxygen atoms in total. The minimum atomic E-state index is -0.591. The van der Waals surface area contributed by atoms with Gasteiger partial charge in [0.1, 0.15) is 0 Å². The van der Waals surface area contributed by atoms with Gasteiger partial charge in [-0.3, -0.25) is 14.9 Å². The molecule has 1 saturated carbocycles. The van der Waals surface area contributed by atoms with Crippen LogP contribution in [0.5, 0.6) is 5.75 Å². The molecule has 1 amide bonds. The van der Waals surface area contributed by atoms with Gasteiger partial charge in [0.2, 0.25) is 0 Å². The molecule has 1 atom stereocenters. The number of nitro groups is 1. The van der Waals surface area contributed by atoms with Crippen LogP contribution in [-0.2, 0) is 4.79 Å². The highest BCUT2D eigenvalue weighted by molar-refractivity contribution is 6.30. The van der Waals surface area contributed by atoms with Crippen LogP contribution in [0.1, 0.15) is 19.8 Å². The molecule has 2 rings (SSSR count). The average molecular weight is 299 g/mol. The van der Waals surface area contributed by atoms with Crippen LogP contribution in [0, 0.1) is 16.0 Å². The fraction of sp³-hybridized carbons (Fsp3) is 0.462. The Morgan fingerprint density at radius 2 is 2.30 bits per heavy atom. The molecule has 108 valence electrons. The Balaban J connectivity index is 1.92. The van der Waals surface area contributed by atoms with Gasteiger partial charge in [0.05, 0.1) is 4.92 Å². The first-order valence-electron chi connectivity index (χ1n) is 6.33. The average Bonchev–Trinajstić information content (AvgIpc) is 3.21. The molecule has 0 spiro atoms. The molecule has 0 bridgehead atoms. The molecule has 0 aromatic heterocycles. The first kappa shape index (κ1) is 14.6. The smallest absolute Gasteiger partial charge is 0.312 e. The first-order valence-corrected chi connectivity index (χ1v) is 6.71. The molecule has 1 aromatic rings. The Morgan fingerprint density at radius 1 is 1.60 bits per heavy atom. The quantitative estimate of drug-likeness (QED) is 0.646. The number of rotatable bonds is 6. The number of nitro benzene ring substituents is 1. The Labute approximate surface area is 121 Å². The molecule has 7 heteroatoms. The zero-order chi connectivity index (χ0) is 14.7. The summed E-state index contributed by atoms with van der Waals surface area (Å²) in [5, 5.41) is 13.9. The van der Waals surface area contributed by atoms with E-state index >= 15 is 0 Å². The number of hydrogen-bond acceptors (Lipinski definition) is 4. The molecule has 0 saturated heterocycles. The second-order valence-electron chi connectivity index (χ2n) is 4.85. The number of amides is 1. The van der Waals surface area contributed by atoms with E-state index in [2.05, 4.69) is 5.32 Å². The lowest BCUT2D eigenvalue weighted by molar-refractivity contribution is -0.385. The second kappa shape index (κ2) is 6.09. The van der Waals surface area contributed by atoms with E-state index in [4.69, 9.17) is 16.3 Å². The highest BCUT2D eigenvalue weighted by Gasteiger charge is 2.29. The van der Waals surface area contributed by atoms with Gasteiger partial charge in [-0.15, -0.1) is 0 Å². The SMILES string of the molecule is C[C@H](NC(=O)COc1ccc(Cl)cc1[N+](=O)[O-])C1CC1. The third kappa shape index (κ3) is 3.84. The minimum absolute atomic E-state index is 0.0358. The van der Waals surface area contributed by atoms with Crippen molar-refractivity contribution in [2.75, 3.05) is 6.61 Å². The summed E-state index contributed by atoms with van der Waals surface area (Å²) in [5.74, 6) is 0.297. The fourth-order valence-electron chi connectivity index (χ4n) is 1.91. The van der Waals surface area contributed by atoms with Crippen molar-refractivity contribution in [3.8, 4) is 5.75 Å². The van der Waals surface area contributed by atoms with Gasteiger partial charge in [0, 0.05) is 17.1 Å². The van der Waals surface area contributed by atoms with E-state index in [1.807, 2.05) is 6.92 Å². The largest absolute Gasteiger partial charge is 0.477 e. The lowest BCUT2D eigenvalue weighted by Crippen LogP contribution is -2.37. The Kier molecular flexibility index (Phi) is 4.44. The maximum atomic E-state index is 11.7. The summed E-state index contributed by atoms with van der Waals surface area (Å²) in [6.07, 6.45) is 2.26. The van der Waals surface area contributed by atoms with E-state index in [9.17, 15) is 14.9 Å². The highest BCUT2D eigenvalue weighted by Crippen LogP contribution is 2.32. The van der Waals surface area contributed by atoms with Crippen molar-refractivity contribution in [2.45, 2.75) is 25.8 Å². The van der Waals surface area contributed by atoms with Gasteiger partial charge < -0.3 is 10.1 Å². The minimum Gasteiger partial charge on any atom is -0.477 e. The van der Waals surface area contributed by atoms with Crippen LogP contribution < -0.4 is 10.1 Å². The van der Waals surface area contributed by atoms with Crippen LogP contribution >= 0.6 is 11.6 Å². The van der Waals surface area contributed by atoms with Crippen molar-refractivity contribution < 1.29 is 14.5 Å². The van der Waals surface area contributed by atoms with Gasteiger partial charge in [-0.25, -0.2) is 0 Å². The van der Waals surface area contributed by atoms with E-state index in [1.54, 1.807) is 0 Å². The number of carbonyl (C=O) groups is 1. The normalized spacial score (nSPS) is 15.5. The molecule has 1 fully saturated rings. The Hall–Kier alpha value is -1.82. The van der Waals surface area contributed by atoms with Gasteiger partial charge in [-0.1, -0.05) is 11.6 Å². The molecule has 0 unspecified atom stereocenters. The van der Waals surface area contributed by atoms with Gasteiger partial charge >= 0.3 is 5.69 Å². The zero-order valence-electron chi connectivity index (χ0n) is 11.0. The predicted octanol–water partition coefficient (Wildman–Crippen LogP) is 2.54. The third-order valence-electron chi connectivity index (χ3n) is 3.19. The molecule has 0 aliphatic heterocycles. The zero-order valence-corrected chi connectivity index (χ0v) is 11.7. The molecular weight excluding hydrogens is 284 g/mol.